The number of hydrogen-bond donors (Lipinski definition) is 2. The predicted octanol–water partition coefficient (Wildman–Crippen LogP) is 4.11. The standard InChI is InChI=1S/C6H7NS.CCl4/c7-5-3-1-2-4-6(5)8;2-1(3,4)5/h1-4,8H,7H2;. The highest BCUT2D eigenvalue weighted by Gasteiger charge is 2.11. The molecule has 2 N–H and O–H groups in total. The molecule has 1 aromatic carbocycles. The van der Waals surface area contributed by atoms with Gasteiger partial charge in [0.05, 0.1) is 0 Å². The molecule has 0 aliphatic heterocycles. The van der Waals surface area contributed by atoms with Crippen LogP contribution in [0.2, 0.25) is 0 Å². The Morgan fingerprint density at radius 1 is 1.08 bits per heavy atom. The van der Waals surface area contributed by atoms with Gasteiger partial charge in [-0.3, -0.25) is 0 Å². The maximum atomic E-state index is 5.44. The van der Waals surface area contributed by atoms with Crippen molar-refractivity contribution in [2.24, 2.45) is 0 Å². The molecule has 0 atom stereocenters. The number of alkyl halides is 4. The first-order valence-electron chi connectivity index (χ1n) is 3.10. The molecule has 0 radical (unpaired) electrons. The summed E-state index contributed by atoms with van der Waals surface area (Å²) in [5, 5.41) is 0. The van der Waals surface area contributed by atoms with E-state index >= 15 is 0 Å². The zero-order valence-electron chi connectivity index (χ0n) is 6.35. The van der Waals surface area contributed by atoms with Gasteiger partial charge >= 0.3 is 0 Å². The molecule has 0 amide bonds. The van der Waals surface area contributed by atoms with Crippen LogP contribution < -0.4 is 5.73 Å². The smallest absolute Gasteiger partial charge is 0.266 e. The first kappa shape index (κ1) is 13.5. The van der Waals surface area contributed by atoms with Gasteiger partial charge in [-0.25, -0.2) is 0 Å². The zero-order chi connectivity index (χ0) is 10.5. The van der Waals surface area contributed by atoms with E-state index < -0.39 is 3.25 Å². The van der Waals surface area contributed by atoms with Gasteiger partial charge in [-0.05, 0) is 12.1 Å². The summed E-state index contributed by atoms with van der Waals surface area (Å²) in [6, 6.07) is 7.47. The van der Waals surface area contributed by atoms with E-state index in [2.05, 4.69) is 12.6 Å². The topological polar surface area (TPSA) is 26.0 Å². The number of halogens is 4. The molecule has 13 heavy (non-hydrogen) atoms. The van der Waals surface area contributed by atoms with Crippen molar-refractivity contribution in [2.45, 2.75) is 8.15 Å². The lowest BCUT2D eigenvalue weighted by molar-refractivity contribution is 1.48. The van der Waals surface area contributed by atoms with Gasteiger partial charge in [0.15, 0.2) is 0 Å². The van der Waals surface area contributed by atoms with Crippen LogP contribution in [0.15, 0.2) is 29.2 Å². The van der Waals surface area contributed by atoms with Gasteiger partial charge in [-0.1, -0.05) is 58.5 Å². The van der Waals surface area contributed by atoms with E-state index in [-0.39, 0.29) is 0 Å². The van der Waals surface area contributed by atoms with Crippen molar-refractivity contribution in [3.05, 3.63) is 24.3 Å². The Kier molecular flexibility index (Phi) is 6.34. The average Bonchev–Trinajstić information content (AvgIpc) is 1.92. The van der Waals surface area contributed by atoms with E-state index in [1.807, 2.05) is 24.3 Å². The molecule has 0 saturated heterocycles. The monoisotopic (exact) mass is 277 g/mol. The maximum Gasteiger partial charge on any atom is 0.266 e. The fraction of sp³-hybridized carbons (Fsp3) is 0.143. The summed E-state index contributed by atoms with van der Waals surface area (Å²) in [5.41, 5.74) is 6.18. The molecular weight excluding hydrogens is 272 g/mol. The van der Waals surface area contributed by atoms with Crippen LogP contribution >= 0.6 is 59.0 Å². The second kappa shape index (κ2) is 6.10. The van der Waals surface area contributed by atoms with E-state index in [9.17, 15) is 0 Å². The molecule has 74 valence electrons. The number of thiol groups is 1. The van der Waals surface area contributed by atoms with Gasteiger partial charge in [0.1, 0.15) is 0 Å². The number of nitrogen functional groups attached to an aromatic ring is 1. The molecule has 6 heteroatoms. The number of rotatable bonds is 0. The third kappa shape index (κ3) is 10.5. The largest absolute Gasteiger partial charge is 0.398 e. The Hall–Kier alpha value is 0.530. The molecule has 0 heterocycles. The molecule has 1 aromatic rings. The van der Waals surface area contributed by atoms with Gasteiger partial charge in [-0.2, -0.15) is 0 Å². The summed E-state index contributed by atoms with van der Waals surface area (Å²) in [6.45, 7) is 0. The van der Waals surface area contributed by atoms with Crippen LogP contribution in [0.5, 0.6) is 0 Å². The van der Waals surface area contributed by atoms with Crippen LogP contribution in [-0.4, -0.2) is 3.25 Å². The number of nitrogens with two attached hydrogens (primary N) is 1. The zero-order valence-corrected chi connectivity index (χ0v) is 10.3. The van der Waals surface area contributed by atoms with Crippen LogP contribution in [-0.2, 0) is 0 Å². The van der Waals surface area contributed by atoms with Crippen LogP contribution in [0.3, 0.4) is 0 Å². The van der Waals surface area contributed by atoms with Crippen molar-refractivity contribution in [1.82, 2.24) is 0 Å². The highest BCUT2D eigenvalue weighted by Crippen LogP contribution is 2.29. The van der Waals surface area contributed by atoms with Gasteiger partial charge in [0.25, 0.3) is 3.25 Å². The Balaban J connectivity index is 0.000000252. The van der Waals surface area contributed by atoms with Gasteiger partial charge in [0, 0.05) is 10.6 Å². The minimum atomic E-state index is -1.61. The van der Waals surface area contributed by atoms with E-state index in [0.717, 1.165) is 10.6 Å². The highest BCUT2D eigenvalue weighted by molar-refractivity contribution is 7.80. The lowest BCUT2D eigenvalue weighted by Crippen LogP contribution is -1.83. The fourth-order valence-electron chi connectivity index (χ4n) is 0.488. The average molecular weight is 279 g/mol. The molecule has 1 rings (SSSR count). The van der Waals surface area contributed by atoms with Crippen LogP contribution in [0.25, 0.3) is 0 Å². The van der Waals surface area contributed by atoms with Gasteiger partial charge < -0.3 is 5.73 Å². The molecular formula is C7H7Cl4NS. The molecule has 1 nitrogen and oxygen atoms in total. The Morgan fingerprint density at radius 3 is 1.69 bits per heavy atom. The second-order valence-corrected chi connectivity index (χ2v) is 5.90. The first-order chi connectivity index (χ1) is 5.80. The summed E-state index contributed by atoms with van der Waals surface area (Å²) in [4.78, 5) is 0.840. The molecule has 0 unspecified atom stereocenters. The normalized spacial score (nSPS) is 10.2. The van der Waals surface area contributed by atoms with Crippen LogP contribution in [0, 0.1) is 0 Å². The molecule has 0 aromatic heterocycles. The van der Waals surface area contributed by atoms with E-state index in [0.29, 0.717) is 0 Å². The molecule has 0 fully saturated rings. The summed E-state index contributed by atoms with van der Waals surface area (Å²) in [7, 11) is 0. The van der Waals surface area contributed by atoms with Gasteiger partial charge in [0.2, 0.25) is 0 Å². The lowest BCUT2D eigenvalue weighted by Gasteiger charge is -1.92. The van der Waals surface area contributed by atoms with Crippen molar-refractivity contribution in [3.63, 3.8) is 0 Å². The lowest BCUT2D eigenvalue weighted by atomic mass is 10.3. The molecule has 0 aliphatic carbocycles. The van der Waals surface area contributed by atoms with Crippen LogP contribution in [0.1, 0.15) is 0 Å². The van der Waals surface area contributed by atoms with Gasteiger partial charge in [-0.15, -0.1) is 12.6 Å². The number of para-hydroxylation sites is 1. The minimum Gasteiger partial charge on any atom is -0.398 e. The van der Waals surface area contributed by atoms with Crippen molar-refractivity contribution >= 4 is 64.7 Å². The SMILES string of the molecule is ClC(Cl)(Cl)Cl.Nc1ccccc1S. The Labute approximate surface area is 103 Å². The minimum absolute atomic E-state index is 0.732. The summed E-state index contributed by atoms with van der Waals surface area (Å²) >= 11 is 23.4. The molecule has 0 saturated carbocycles. The summed E-state index contributed by atoms with van der Waals surface area (Å²) in [5.74, 6) is 0. The van der Waals surface area contributed by atoms with E-state index in [4.69, 9.17) is 52.1 Å². The Morgan fingerprint density at radius 2 is 1.46 bits per heavy atom. The van der Waals surface area contributed by atoms with Crippen molar-refractivity contribution in [1.29, 1.82) is 0 Å². The highest BCUT2D eigenvalue weighted by atomic mass is 35.6. The summed E-state index contributed by atoms with van der Waals surface area (Å²) in [6.07, 6.45) is 0. The Bertz CT molecular complexity index is 234. The number of anilines is 1. The maximum absolute atomic E-state index is 5.44. The fourth-order valence-corrected chi connectivity index (χ4v) is 0.648. The predicted molar refractivity (Wildman–Crippen MR) is 64.2 cm³/mol. The van der Waals surface area contributed by atoms with Crippen molar-refractivity contribution in [2.75, 3.05) is 5.73 Å². The molecule has 0 bridgehead atoms. The third-order valence-electron chi connectivity index (χ3n) is 0.937. The van der Waals surface area contributed by atoms with E-state index in [1.165, 1.54) is 0 Å². The quantitative estimate of drug-likeness (QED) is 0.417. The number of benzene rings is 1. The molecule has 0 aliphatic rings. The number of hydrogen-bond acceptors (Lipinski definition) is 2. The van der Waals surface area contributed by atoms with Crippen molar-refractivity contribution < 1.29 is 0 Å². The molecule has 0 spiro atoms. The first-order valence-corrected chi connectivity index (χ1v) is 5.05. The van der Waals surface area contributed by atoms with Crippen LogP contribution in [0.4, 0.5) is 5.69 Å². The second-order valence-electron chi connectivity index (χ2n) is 1.99. The summed E-state index contributed by atoms with van der Waals surface area (Å²) < 4.78 is -1.61. The third-order valence-corrected chi connectivity index (χ3v) is 1.34. The van der Waals surface area contributed by atoms with E-state index in [1.54, 1.807) is 0 Å². The van der Waals surface area contributed by atoms with Crippen molar-refractivity contribution in [3.8, 4) is 0 Å².